The molecule has 0 saturated carbocycles. The number of hydrogen-bond acceptors (Lipinski definition) is 5. The first-order valence-electron chi connectivity index (χ1n) is 5.71. The van der Waals surface area contributed by atoms with Gasteiger partial charge in [-0.3, -0.25) is 5.32 Å². The number of carbonyl (C=O) groups excluding carboxylic acids is 1. The molecule has 2 aromatic heterocycles. The zero-order chi connectivity index (χ0) is 14.7. The molecule has 0 aromatic carbocycles. The summed E-state index contributed by atoms with van der Waals surface area (Å²) >= 11 is 2.67. The number of aromatic nitrogens is 1. The summed E-state index contributed by atoms with van der Waals surface area (Å²) in [6.45, 7) is 2.33. The minimum absolute atomic E-state index is 0.103. The monoisotopic (exact) mass is 311 g/mol. The van der Waals surface area contributed by atoms with Gasteiger partial charge in [0.1, 0.15) is 5.00 Å². The maximum atomic E-state index is 12.0. The van der Waals surface area contributed by atoms with Crippen molar-refractivity contribution in [2.24, 2.45) is 0 Å². The van der Waals surface area contributed by atoms with E-state index in [1.165, 1.54) is 33.6 Å². The van der Waals surface area contributed by atoms with E-state index in [0.29, 0.717) is 11.5 Å². The molecule has 20 heavy (non-hydrogen) atoms. The Kier molecular flexibility index (Phi) is 4.35. The van der Waals surface area contributed by atoms with Gasteiger partial charge in [0.15, 0.2) is 0 Å². The average molecular weight is 311 g/mol. The summed E-state index contributed by atoms with van der Waals surface area (Å²) in [7, 11) is 1.66. The third-order valence-electron chi connectivity index (χ3n) is 2.69. The summed E-state index contributed by atoms with van der Waals surface area (Å²) in [6.07, 6.45) is 0. The molecule has 0 aliphatic heterocycles. The highest BCUT2D eigenvalue weighted by atomic mass is 32.1. The van der Waals surface area contributed by atoms with Crippen LogP contribution in [0.5, 0.6) is 0 Å². The fraction of sp³-hybridized carbons (Fsp3) is 0.250. The van der Waals surface area contributed by atoms with E-state index in [0.717, 1.165) is 10.6 Å². The van der Waals surface area contributed by atoms with Gasteiger partial charge in [-0.2, -0.15) is 0 Å². The molecule has 0 saturated heterocycles. The molecule has 0 bridgehead atoms. The normalized spacial score (nSPS) is 10.3. The van der Waals surface area contributed by atoms with Crippen LogP contribution in [0.15, 0.2) is 17.0 Å². The van der Waals surface area contributed by atoms with Gasteiger partial charge in [-0.1, -0.05) is 0 Å². The Morgan fingerprint density at radius 3 is 2.80 bits per heavy atom. The Labute approximate surface area is 123 Å². The van der Waals surface area contributed by atoms with E-state index in [1.807, 2.05) is 6.92 Å². The fourth-order valence-corrected chi connectivity index (χ4v) is 3.13. The van der Waals surface area contributed by atoms with Gasteiger partial charge in [0.25, 0.3) is 0 Å². The Morgan fingerprint density at radius 1 is 1.45 bits per heavy atom. The number of carbonyl (C=O) groups is 2. The first-order chi connectivity index (χ1) is 9.49. The quantitative estimate of drug-likeness (QED) is 0.909. The lowest BCUT2D eigenvalue weighted by Gasteiger charge is -2.17. The highest BCUT2D eigenvalue weighted by molar-refractivity contribution is 7.14. The summed E-state index contributed by atoms with van der Waals surface area (Å²) in [4.78, 5) is 29.6. The predicted octanol–water partition coefficient (Wildman–Crippen LogP) is 2.88. The van der Waals surface area contributed by atoms with E-state index < -0.39 is 5.97 Å². The van der Waals surface area contributed by atoms with Crippen LogP contribution in [0.4, 0.5) is 9.80 Å². The van der Waals surface area contributed by atoms with Gasteiger partial charge in [0.2, 0.25) is 0 Å². The molecule has 2 rings (SSSR count). The topological polar surface area (TPSA) is 82.5 Å². The van der Waals surface area contributed by atoms with Crippen LogP contribution in [0, 0.1) is 6.92 Å². The fourth-order valence-electron chi connectivity index (χ4n) is 1.53. The standard InChI is InChI=1S/C12H13N3O3S2/c1-7-9(20-6-13-7)5-15(2)12(18)14-10-8(11(16)17)3-4-19-10/h3-4,6H,5H2,1-2H3,(H,14,18)(H,16,17). The van der Waals surface area contributed by atoms with Gasteiger partial charge in [-0.15, -0.1) is 22.7 Å². The molecular formula is C12H13N3O3S2. The molecule has 0 fully saturated rings. The summed E-state index contributed by atoms with van der Waals surface area (Å²) in [6, 6.07) is 1.12. The molecule has 6 nitrogen and oxygen atoms in total. The molecule has 0 radical (unpaired) electrons. The van der Waals surface area contributed by atoms with E-state index in [1.54, 1.807) is 17.9 Å². The van der Waals surface area contributed by atoms with E-state index in [-0.39, 0.29) is 11.6 Å². The van der Waals surface area contributed by atoms with Gasteiger partial charge in [-0.25, -0.2) is 14.6 Å². The maximum absolute atomic E-state index is 12.0. The largest absolute Gasteiger partial charge is 0.478 e. The molecule has 2 N–H and O–H groups in total. The van der Waals surface area contributed by atoms with Gasteiger partial charge < -0.3 is 10.0 Å². The molecule has 2 amide bonds. The van der Waals surface area contributed by atoms with Crippen LogP contribution in [-0.4, -0.2) is 34.0 Å². The van der Waals surface area contributed by atoms with Crippen molar-refractivity contribution >= 4 is 39.7 Å². The maximum Gasteiger partial charge on any atom is 0.338 e. The first kappa shape index (κ1) is 14.5. The van der Waals surface area contributed by atoms with Crippen LogP contribution < -0.4 is 5.32 Å². The number of hydrogen-bond donors (Lipinski definition) is 2. The number of nitrogens with zero attached hydrogens (tertiary/aromatic N) is 2. The number of carboxylic acids is 1. The summed E-state index contributed by atoms with van der Waals surface area (Å²) in [5.74, 6) is -1.05. The van der Waals surface area contributed by atoms with Crippen molar-refractivity contribution < 1.29 is 14.7 Å². The van der Waals surface area contributed by atoms with Crippen LogP contribution in [0.2, 0.25) is 0 Å². The number of nitrogens with one attached hydrogen (secondary N) is 1. The second-order valence-electron chi connectivity index (χ2n) is 4.12. The van der Waals surface area contributed by atoms with Crippen LogP contribution in [0.3, 0.4) is 0 Å². The van der Waals surface area contributed by atoms with Gasteiger partial charge in [0.05, 0.1) is 23.3 Å². The summed E-state index contributed by atoms with van der Waals surface area (Å²) in [5, 5.41) is 13.6. The molecule has 0 aliphatic carbocycles. The van der Waals surface area contributed by atoms with Crippen molar-refractivity contribution in [2.45, 2.75) is 13.5 Å². The molecule has 8 heteroatoms. The number of aromatic carboxylic acids is 1. The SMILES string of the molecule is Cc1ncsc1CN(C)C(=O)Nc1sccc1C(=O)O. The van der Waals surface area contributed by atoms with Gasteiger partial charge >= 0.3 is 12.0 Å². The van der Waals surface area contributed by atoms with Crippen molar-refractivity contribution in [3.05, 3.63) is 33.1 Å². The molecule has 0 atom stereocenters. The van der Waals surface area contributed by atoms with Crippen molar-refractivity contribution in [1.29, 1.82) is 0 Å². The molecule has 0 aliphatic rings. The average Bonchev–Trinajstić information content (AvgIpc) is 2.99. The number of aryl methyl sites for hydroxylation is 1. The Bertz CT molecular complexity index is 635. The molecular weight excluding hydrogens is 298 g/mol. The Hall–Kier alpha value is -1.93. The summed E-state index contributed by atoms with van der Waals surface area (Å²) in [5.41, 5.74) is 2.74. The number of urea groups is 1. The summed E-state index contributed by atoms with van der Waals surface area (Å²) < 4.78 is 0. The highest BCUT2D eigenvalue weighted by Gasteiger charge is 2.17. The minimum atomic E-state index is -1.05. The van der Waals surface area contributed by atoms with Crippen molar-refractivity contribution in [3.8, 4) is 0 Å². The second-order valence-corrected chi connectivity index (χ2v) is 5.97. The number of rotatable bonds is 4. The number of thiazole rings is 1. The molecule has 106 valence electrons. The number of carboxylic acid groups (broad SMARTS) is 1. The van der Waals surface area contributed by atoms with Crippen molar-refractivity contribution in [3.63, 3.8) is 0 Å². The van der Waals surface area contributed by atoms with Crippen molar-refractivity contribution in [2.75, 3.05) is 12.4 Å². The van der Waals surface area contributed by atoms with Crippen LogP contribution in [-0.2, 0) is 6.54 Å². The second kappa shape index (κ2) is 6.02. The minimum Gasteiger partial charge on any atom is -0.478 e. The molecule has 2 aromatic rings. The first-order valence-corrected chi connectivity index (χ1v) is 7.47. The van der Waals surface area contributed by atoms with Gasteiger partial charge in [0, 0.05) is 11.9 Å². The number of anilines is 1. The van der Waals surface area contributed by atoms with E-state index in [4.69, 9.17) is 5.11 Å². The van der Waals surface area contributed by atoms with Crippen molar-refractivity contribution in [1.82, 2.24) is 9.88 Å². The van der Waals surface area contributed by atoms with Crippen LogP contribution in [0.1, 0.15) is 20.9 Å². The Morgan fingerprint density at radius 2 is 2.20 bits per heavy atom. The zero-order valence-electron chi connectivity index (χ0n) is 10.9. The highest BCUT2D eigenvalue weighted by Crippen LogP contribution is 2.23. The van der Waals surface area contributed by atoms with Crippen LogP contribution in [0.25, 0.3) is 0 Å². The number of amides is 2. The molecule has 0 unspecified atom stereocenters. The predicted molar refractivity (Wildman–Crippen MR) is 78.6 cm³/mol. The molecule has 0 spiro atoms. The Balaban J connectivity index is 2.03. The lowest BCUT2D eigenvalue weighted by molar-refractivity contribution is 0.0698. The number of thiophene rings is 1. The van der Waals surface area contributed by atoms with E-state index >= 15 is 0 Å². The van der Waals surface area contributed by atoms with E-state index in [2.05, 4.69) is 10.3 Å². The molecule has 2 heterocycles. The van der Waals surface area contributed by atoms with Gasteiger partial charge in [-0.05, 0) is 18.4 Å². The lowest BCUT2D eigenvalue weighted by Crippen LogP contribution is -2.30. The third kappa shape index (κ3) is 3.14. The smallest absolute Gasteiger partial charge is 0.338 e. The van der Waals surface area contributed by atoms with E-state index in [9.17, 15) is 9.59 Å². The third-order valence-corrected chi connectivity index (χ3v) is 4.44. The van der Waals surface area contributed by atoms with Crippen LogP contribution >= 0.6 is 22.7 Å². The zero-order valence-corrected chi connectivity index (χ0v) is 12.5. The lowest BCUT2D eigenvalue weighted by atomic mass is 10.3.